The average molecular weight is 403 g/mol. The van der Waals surface area contributed by atoms with Gasteiger partial charge in [0.05, 0.1) is 7.05 Å². The number of nitrogens with one attached hydrogen (secondary N) is 3. The lowest BCUT2D eigenvalue weighted by molar-refractivity contribution is -0.862. The van der Waals surface area contributed by atoms with E-state index in [1.165, 1.54) is 5.56 Å². The largest absolute Gasteiger partial charge is 0.322 e. The Hall–Kier alpha value is -3.44. The summed E-state index contributed by atoms with van der Waals surface area (Å²) in [5.74, 6) is -0.232. The van der Waals surface area contributed by atoms with Crippen LogP contribution in [-0.2, 0) is 16.0 Å². The summed E-state index contributed by atoms with van der Waals surface area (Å²) < 4.78 is 0. The summed E-state index contributed by atoms with van der Waals surface area (Å²) in [6, 6.07) is 25.6. The van der Waals surface area contributed by atoms with E-state index in [1.54, 1.807) is 0 Å². The molecule has 3 N–H and O–H groups in total. The minimum atomic E-state index is -0.117. The molecule has 0 saturated heterocycles. The van der Waals surface area contributed by atoms with E-state index in [0.29, 0.717) is 0 Å². The minimum absolute atomic E-state index is 0.115. The Morgan fingerprint density at radius 2 is 1.37 bits per heavy atom. The lowest BCUT2D eigenvalue weighted by atomic mass is 10.0. The molecule has 0 bridgehead atoms. The average Bonchev–Trinajstić information content (AvgIpc) is 2.71. The molecular weight excluding hydrogens is 374 g/mol. The first kappa shape index (κ1) is 21.3. The van der Waals surface area contributed by atoms with Crippen LogP contribution in [0.5, 0.6) is 0 Å². The zero-order chi connectivity index (χ0) is 21.3. The predicted molar refractivity (Wildman–Crippen MR) is 121 cm³/mol. The molecule has 0 aliphatic heterocycles. The van der Waals surface area contributed by atoms with Crippen LogP contribution >= 0.6 is 0 Å². The van der Waals surface area contributed by atoms with Gasteiger partial charge in [-0.1, -0.05) is 66.2 Å². The molecule has 0 spiro atoms. The zero-order valence-corrected chi connectivity index (χ0v) is 17.4. The molecule has 5 nitrogen and oxygen atoms in total. The second-order valence-electron chi connectivity index (χ2n) is 7.59. The van der Waals surface area contributed by atoms with Crippen molar-refractivity contribution >= 4 is 23.2 Å². The number of benzene rings is 3. The quantitative estimate of drug-likeness (QED) is 0.543. The molecular formula is C25H28N3O2+. The number of rotatable bonds is 8. The van der Waals surface area contributed by atoms with Gasteiger partial charge in [0, 0.05) is 11.4 Å². The first-order valence-corrected chi connectivity index (χ1v) is 10.1. The first-order chi connectivity index (χ1) is 14.5. The molecule has 0 aliphatic carbocycles. The van der Waals surface area contributed by atoms with Gasteiger partial charge in [0.2, 0.25) is 0 Å². The lowest BCUT2D eigenvalue weighted by Gasteiger charge is -2.15. The van der Waals surface area contributed by atoms with Crippen LogP contribution in [0.25, 0.3) is 0 Å². The van der Waals surface area contributed by atoms with E-state index in [2.05, 4.69) is 22.8 Å². The number of carbonyl (C=O) groups excluding carboxylic acids is 2. The van der Waals surface area contributed by atoms with Crippen molar-refractivity contribution in [2.45, 2.75) is 13.3 Å². The lowest BCUT2D eigenvalue weighted by Crippen LogP contribution is -3.11. The van der Waals surface area contributed by atoms with Gasteiger partial charge in [-0.05, 0) is 42.7 Å². The van der Waals surface area contributed by atoms with Crippen LogP contribution in [0, 0.1) is 6.92 Å². The van der Waals surface area contributed by atoms with Crippen LogP contribution in [0.2, 0.25) is 0 Å². The van der Waals surface area contributed by atoms with Gasteiger partial charge in [-0.25, -0.2) is 0 Å². The Labute approximate surface area is 177 Å². The van der Waals surface area contributed by atoms with Gasteiger partial charge in [-0.2, -0.15) is 0 Å². The molecule has 1 atom stereocenters. The topological polar surface area (TPSA) is 62.6 Å². The van der Waals surface area contributed by atoms with Gasteiger partial charge in [0.1, 0.15) is 0 Å². The van der Waals surface area contributed by atoms with E-state index in [-0.39, 0.29) is 24.9 Å². The number of para-hydroxylation sites is 1. The molecule has 0 radical (unpaired) electrons. The van der Waals surface area contributed by atoms with Crippen LogP contribution in [0.15, 0.2) is 78.9 Å². The highest BCUT2D eigenvalue weighted by molar-refractivity contribution is 5.93. The molecule has 0 aliphatic rings. The van der Waals surface area contributed by atoms with E-state index < -0.39 is 0 Å². The van der Waals surface area contributed by atoms with E-state index >= 15 is 0 Å². The van der Waals surface area contributed by atoms with Gasteiger partial charge >= 0.3 is 0 Å². The highest BCUT2D eigenvalue weighted by Gasteiger charge is 2.15. The van der Waals surface area contributed by atoms with E-state index in [0.717, 1.165) is 33.8 Å². The number of likely N-dealkylation sites (N-methyl/N-ethyl adjacent to an activating group) is 1. The number of hydrogen-bond acceptors (Lipinski definition) is 2. The molecule has 0 aromatic heterocycles. The number of carbonyl (C=O) groups is 2. The third kappa shape index (κ3) is 6.57. The monoisotopic (exact) mass is 402 g/mol. The van der Waals surface area contributed by atoms with Crippen molar-refractivity contribution in [2.75, 3.05) is 30.8 Å². The maximum atomic E-state index is 12.5. The molecule has 154 valence electrons. The summed E-state index contributed by atoms with van der Waals surface area (Å²) in [6.07, 6.45) is 0.749. The van der Waals surface area contributed by atoms with Crippen molar-refractivity contribution in [3.05, 3.63) is 95.6 Å². The third-order valence-electron chi connectivity index (χ3n) is 4.79. The van der Waals surface area contributed by atoms with Crippen molar-refractivity contribution in [1.82, 2.24) is 0 Å². The van der Waals surface area contributed by atoms with Gasteiger partial charge in [0.15, 0.2) is 13.1 Å². The number of quaternary nitrogens is 1. The standard InChI is InChI=1S/C25H27N3O2/c1-19-12-14-22(15-13-19)26-24(29)17-28(2)18-25(30)27-23-11-7-6-10-21(23)16-20-8-4-3-5-9-20/h3-15H,16-18H2,1-2H3,(H,26,29)(H,27,30)/p+1. The summed E-state index contributed by atoms with van der Waals surface area (Å²) in [5.41, 5.74) is 4.96. The highest BCUT2D eigenvalue weighted by Crippen LogP contribution is 2.18. The Bertz CT molecular complexity index is 985. The molecule has 30 heavy (non-hydrogen) atoms. The summed E-state index contributed by atoms with van der Waals surface area (Å²) in [5, 5.41) is 5.87. The van der Waals surface area contributed by atoms with Crippen molar-refractivity contribution in [1.29, 1.82) is 0 Å². The Kier molecular flexibility index (Phi) is 7.35. The Morgan fingerprint density at radius 3 is 2.07 bits per heavy atom. The highest BCUT2D eigenvalue weighted by atomic mass is 16.2. The summed E-state index contributed by atoms with van der Waals surface area (Å²) in [7, 11) is 1.84. The van der Waals surface area contributed by atoms with Crippen LogP contribution in [0.3, 0.4) is 0 Å². The minimum Gasteiger partial charge on any atom is -0.322 e. The molecule has 0 fully saturated rings. The number of aryl methyl sites for hydroxylation is 1. The Balaban J connectivity index is 1.52. The van der Waals surface area contributed by atoms with Gasteiger partial charge in [-0.15, -0.1) is 0 Å². The summed E-state index contributed by atoms with van der Waals surface area (Å²) in [6.45, 7) is 2.42. The second kappa shape index (κ2) is 10.4. The van der Waals surface area contributed by atoms with Gasteiger partial charge in [-0.3, -0.25) is 9.59 Å². The smallest absolute Gasteiger partial charge is 0.279 e. The van der Waals surface area contributed by atoms with E-state index in [9.17, 15) is 9.59 Å². The number of amides is 2. The summed E-state index contributed by atoms with van der Waals surface area (Å²) >= 11 is 0. The molecule has 0 heterocycles. The van der Waals surface area contributed by atoms with E-state index in [1.807, 2.05) is 80.7 Å². The third-order valence-corrected chi connectivity index (χ3v) is 4.79. The predicted octanol–water partition coefficient (Wildman–Crippen LogP) is 2.68. The summed E-state index contributed by atoms with van der Waals surface area (Å²) in [4.78, 5) is 25.6. The first-order valence-electron chi connectivity index (χ1n) is 10.1. The molecule has 3 aromatic carbocycles. The molecule has 5 heteroatoms. The van der Waals surface area contributed by atoms with Crippen molar-refractivity contribution in [2.24, 2.45) is 0 Å². The van der Waals surface area contributed by atoms with E-state index in [4.69, 9.17) is 0 Å². The fraction of sp³-hybridized carbons (Fsp3) is 0.200. The van der Waals surface area contributed by atoms with Crippen LogP contribution in [0.4, 0.5) is 11.4 Å². The van der Waals surface area contributed by atoms with Gasteiger partial charge in [0.25, 0.3) is 11.8 Å². The number of hydrogen-bond donors (Lipinski definition) is 3. The fourth-order valence-electron chi connectivity index (χ4n) is 3.26. The molecule has 2 amide bonds. The van der Waals surface area contributed by atoms with Crippen LogP contribution < -0.4 is 15.5 Å². The fourth-order valence-corrected chi connectivity index (χ4v) is 3.26. The van der Waals surface area contributed by atoms with Crippen molar-refractivity contribution < 1.29 is 14.5 Å². The maximum Gasteiger partial charge on any atom is 0.279 e. The second-order valence-corrected chi connectivity index (χ2v) is 7.59. The zero-order valence-electron chi connectivity index (χ0n) is 17.4. The van der Waals surface area contributed by atoms with Crippen LogP contribution in [0.1, 0.15) is 16.7 Å². The molecule has 3 rings (SSSR count). The molecule has 3 aromatic rings. The molecule has 1 unspecified atom stereocenters. The van der Waals surface area contributed by atoms with Gasteiger partial charge < -0.3 is 15.5 Å². The van der Waals surface area contributed by atoms with Crippen LogP contribution in [-0.4, -0.2) is 32.0 Å². The maximum absolute atomic E-state index is 12.5. The van der Waals surface area contributed by atoms with Crippen molar-refractivity contribution in [3.63, 3.8) is 0 Å². The normalized spacial score (nSPS) is 11.5. The number of anilines is 2. The van der Waals surface area contributed by atoms with Crippen molar-refractivity contribution in [3.8, 4) is 0 Å². The molecule has 0 saturated carbocycles. The Morgan fingerprint density at radius 1 is 0.767 bits per heavy atom. The SMILES string of the molecule is Cc1ccc(NC(=O)C[NH+](C)CC(=O)Nc2ccccc2Cc2ccccc2)cc1.